The third-order valence-electron chi connectivity index (χ3n) is 3.01. The molecule has 0 radical (unpaired) electrons. The van der Waals surface area contributed by atoms with Gasteiger partial charge in [-0.1, -0.05) is 23.4 Å². The average molecular weight is 267 g/mol. The monoisotopic (exact) mass is 267 g/mol. The standard InChI is InChI=1S/C12H9N7O/c1-19-8-5-3-2-4-7(8)9(17-19)12-15-11(18-20-12)10-13-6-14-16-10/h2-6H,1H3,(H,13,14,16). The van der Waals surface area contributed by atoms with Crippen LogP contribution in [0.1, 0.15) is 0 Å². The first-order valence-electron chi connectivity index (χ1n) is 5.94. The number of rotatable bonds is 2. The number of hydrogen-bond acceptors (Lipinski definition) is 6. The van der Waals surface area contributed by atoms with Gasteiger partial charge < -0.3 is 4.52 Å². The Hall–Kier alpha value is -3.03. The van der Waals surface area contributed by atoms with Crippen LogP contribution in [0.2, 0.25) is 0 Å². The molecule has 4 rings (SSSR count). The maximum absolute atomic E-state index is 5.27. The van der Waals surface area contributed by atoms with Gasteiger partial charge in [0, 0.05) is 12.4 Å². The van der Waals surface area contributed by atoms with E-state index in [0.29, 0.717) is 23.2 Å². The highest BCUT2D eigenvalue weighted by atomic mass is 16.5. The number of nitrogens with zero attached hydrogens (tertiary/aromatic N) is 6. The molecule has 98 valence electrons. The van der Waals surface area contributed by atoms with E-state index in [1.165, 1.54) is 6.33 Å². The molecule has 1 N–H and O–H groups in total. The summed E-state index contributed by atoms with van der Waals surface area (Å²) in [5.74, 6) is 1.17. The molecular formula is C12H9N7O. The van der Waals surface area contributed by atoms with Crippen LogP contribution < -0.4 is 0 Å². The number of H-pyrrole nitrogens is 1. The van der Waals surface area contributed by atoms with Gasteiger partial charge >= 0.3 is 0 Å². The van der Waals surface area contributed by atoms with Gasteiger partial charge in [0.2, 0.25) is 5.82 Å². The summed E-state index contributed by atoms with van der Waals surface area (Å²) in [5.41, 5.74) is 1.66. The minimum Gasteiger partial charge on any atom is -0.332 e. The van der Waals surface area contributed by atoms with Crippen LogP contribution in [0.3, 0.4) is 0 Å². The lowest BCUT2D eigenvalue weighted by Gasteiger charge is -1.90. The van der Waals surface area contributed by atoms with Crippen molar-refractivity contribution in [3.8, 4) is 23.2 Å². The lowest BCUT2D eigenvalue weighted by atomic mass is 10.2. The average Bonchev–Trinajstić information content (AvgIpc) is 3.17. The van der Waals surface area contributed by atoms with E-state index in [1.807, 2.05) is 31.3 Å². The number of para-hydroxylation sites is 1. The highest BCUT2D eigenvalue weighted by Crippen LogP contribution is 2.27. The highest BCUT2D eigenvalue weighted by molar-refractivity contribution is 5.91. The SMILES string of the molecule is Cn1nc(-c2nc(-c3ncn[nH]3)no2)c2ccccc21. The summed E-state index contributed by atoms with van der Waals surface area (Å²) in [6, 6.07) is 7.86. The lowest BCUT2D eigenvalue weighted by molar-refractivity contribution is 0.430. The van der Waals surface area contributed by atoms with Gasteiger partial charge in [0.1, 0.15) is 6.33 Å². The topological polar surface area (TPSA) is 98.3 Å². The molecule has 3 heterocycles. The largest absolute Gasteiger partial charge is 0.332 e. The molecule has 0 unspecified atom stereocenters. The third-order valence-corrected chi connectivity index (χ3v) is 3.01. The van der Waals surface area contributed by atoms with Crippen molar-refractivity contribution in [2.75, 3.05) is 0 Å². The molecule has 0 bridgehead atoms. The number of aromatic amines is 1. The van der Waals surface area contributed by atoms with E-state index >= 15 is 0 Å². The second-order valence-corrected chi connectivity index (χ2v) is 4.25. The Balaban J connectivity index is 1.88. The third kappa shape index (κ3) is 1.51. The van der Waals surface area contributed by atoms with Crippen LogP contribution >= 0.6 is 0 Å². The lowest BCUT2D eigenvalue weighted by Crippen LogP contribution is -1.89. The molecule has 1 aromatic carbocycles. The van der Waals surface area contributed by atoms with E-state index in [1.54, 1.807) is 4.68 Å². The first kappa shape index (κ1) is 10.9. The summed E-state index contributed by atoms with van der Waals surface area (Å²) in [5, 5.41) is 15.7. The summed E-state index contributed by atoms with van der Waals surface area (Å²) >= 11 is 0. The Morgan fingerprint density at radius 2 is 2.15 bits per heavy atom. The Morgan fingerprint density at radius 3 is 3.00 bits per heavy atom. The molecule has 8 nitrogen and oxygen atoms in total. The fourth-order valence-corrected chi connectivity index (χ4v) is 2.10. The van der Waals surface area contributed by atoms with Crippen LogP contribution in [0.4, 0.5) is 0 Å². The van der Waals surface area contributed by atoms with Crippen LogP contribution in [0.5, 0.6) is 0 Å². The van der Waals surface area contributed by atoms with Crippen molar-refractivity contribution in [2.45, 2.75) is 0 Å². The molecule has 20 heavy (non-hydrogen) atoms. The minimum absolute atomic E-state index is 0.354. The summed E-state index contributed by atoms with van der Waals surface area (Å²) in [6.45, 7) is 0. The Bertz CT molecular complexity index is 874. The number of hydrogen-bond donors (Lipinski definition) is 1. The highest BCUT2D eigenvalue weighted by Gasteiger charge is 2.18. The normalized spacial score (nSPS) is 11.2. The molecule has 0 saturated heterocycles. The molecule has 0 atom stereocenters. The van der Waals surface area contributed by atoms with Crippen LogP contribution in [-0.2, 0) is 7.05 Å². The number of aromatic nitrogens is 7. The predicted molar refractivity (Wildman–Crippen MR) is 69.4 cm³/mol. The van der Waals surface area contributed by atoms with Crippen molar-refractivity contribution in [1.29, 1.82) is 0 Å². The first-order valence-corrected chi connectivity index (χ1v) is 5.94. The summed E-state index contributed by atoms with van der Waals surface area (Å²) in [6.07, 6.45) is 1.39. The molecule has 0 fully saturated rings. The van der Waals surface area contributed by atoms with Crippen LogP contribution in [0.25, 0.3) is 34.1 Å². The van der Waals surface area contributed by atoms with Crippen molar-refractivity contribution >= 4 is 10.9 Å². The molecule has 0 aliphatic carbocycles. The number of aryl methyl sites for hydroxylation is 1. The second kappa shape index (κ2) is 3.98. The molecule has 0 saturated carbocycles. The van der Waals surface area contributed by atoms with Gasteiger partial charge in [-0.15, -0.1) is 0 Å². The number of benzene rings is 1. The van der Waals surface area contributed by atoms with Gasteiger partial charge in [0.05, 0.1) is 5.52 Å². The molecule has 0 spiro atoms. The van der Waals surface area contributed by atoms with Crippen molar-refractivity contribution < 1.29 is 4.52 Å². The van der Waals surface area contributed by atoms with E-state index in [0.717, 1.165) is 10.9 Å². The molecule has 0 amide bonds. The maximum atomic E-state index is 5.27. The first-order chi connectivity index (χ1) is 9.83. The van der Waals surface area contributed by atoms with Crippen LogP contribution in [0.15, 0.2) is 35.1 Å². The zero-order chi connectivity index (χ0) is 13.5. The van der Waals surface area contributed by atoms with Crippen molar-refractivity contribution in [1.82, 2.24) is 35.1 Å². The van der Waals surface area contributed by atoms with Crippen LogP contribution in [-0.4, -0.2) is 35.1 Å². The van der Waals surface area contributed by atoms with E-state index < -0.39 is 0 Å². The summed E-state index contributed by atoms with van der Waals surface area (Å²) in [4.78, 5) is 8.28. The molecular weight excluding hydrogens is 258 g/mol. The number of fused-ring (bicyclic) bond motifs is 1. The van der Waals surface area contributed by atoms with Gasteiger partial charge in [-0.3, -0.25) is 9.78 Å². The smallest absolute Gasteiger partial charge is 0.279 e. The van der Waals surface area contributed by atoms with E-state index in [-0.39, 0.29) is 0 Å². The molecule has 0 aliphatic heterocycles. The van der Waals surface area contributed by atoms with Gasteiger partial charge in [0.25, 0.3) is 5.89 Å². The zero-order valence-corrected chi connectivity index (χ0v) is 10.5. The molecule has 0 aliphatic rings. The Kier molecular flexibility index (Phi) is 2.16. The quantitative estimate of drug-likeness (QED) is 0.589. The van der Waals surface area contributed by atoms with Gasteiger partial charge in [-0.25, -0.2) is 4.98 Å². The number of nitrogens with one attached hydrogen (secondary N) is 1. The Labute approximate surface area is 112 Å². The van der Waals surface area contributed by atoms with Gasteiger partial charge in [-0.05, 0) is 6.07 Å². The van der Waals surface area contributed by atoms with Crippen molar-refractivity contribution in [2.24, 2.45) is 7.05 Å². The van der Waals surface area contributed by atoms with E-state index in [9.17, 15) is 0 Å². The van der Waals surface area contributed by atoms with Gasteiger partial charge in [0.15, 0.2) is 11.5 Å². The van der Waals surface area contributed by atoms with E-state index in [4.69, 9.17) is 4.52 Å². The molecule has 8 heteroatoms. The Morgan fingerprint density at radius 1 is 1.25 bits per heavy atom. The van der Waals surface area contributed by atoms with Gasteiger partial charge in [-0.2, -0.15) is 15.2 Å². The summed E-state index contributed by atoms with van der Waals surface area (Å²) < 4.78 is 7.05. The fraction of sp³-hybridized carbons (Fsp3) is 0.0833. The molecule has 4 aromatic rings. The maximum Gasteiger partial charge on any atom is 0.279 e. The summed E-state index contributed by atoms with van der Waals surface area (Å²) in [7, 11) is 1.87. The minimum atomic E-state index is 0.354. The fourth-order valence-electron chi connectivity index (χ4n) is 2.10. The second-order valence-electron chi connectivity index (χ2n) is 4.25. The predicted octanol–water partition coefficient (Wildman–Crippen LogP) is 1.41. The molecule has 3 aromatic heterocycles. The van der Waals surface area contributed by atoms with Crippen LogP contribution in [0, 0.1) is 0 Å². The zero-order valence-electron chi connectivity index (χ0n) is 10.5. The van der Waals surface area contributed by atoms with Crippen molar-refractivity contribution in [3.05, 3.63) is 30.6 Å². The van der Waals surface area contributed by atoms with E-state index in [2.05, 4.69) is 30.4 Å². The van der Waals surface area contributed by atoms with Crippen molar-refractivity contribution in [3.63, 3.8) is 0 Å².